The van der Waals surface area contributed by atoms with Gasteiger partial charge in [-0.05, 0) is 32.9 Å². The van der Waals surface area contributed by atoms with Crippen LogP contribution < -0.4 is 10.6 Å². The van der Waals surface area contributed by atoms with Gasteiger partial charge in [-0.15, -0.1) is 12.4 Å². The molecule has 116 valence electrons. The standard InChI is InChI=1S/C14H19N3O3.ClH/c1-14(6-8-15-9-7-14)16-13(18)10-11-4-2-3-5-12(11)17(19)20;/h2-5,15H,6-10H2,1H3,(H,16,18);1H. The maximum absolute atomic E-state index is 12.1. The minimum absolute atomic E-state index is 0. The first-order chi connectivity index (χ1) is 9.50. The Morgan fingerprint density at radius 1 is 1.38 bits per heavy atom. The van der Waals surface area contributed by atoms with E-state index in [1.807, 2.05) is 6.92 Å². The average Bonchev–Trinajstić information content (AvgIpc) is 2.39. The fraction of sp³-hybridized carbons (Fsp3) is 0.500. The monoisotopic (exact) mass is 313 g/mol. The summed E-state index contributed by atoms with van der Waals surface area (Å²) < 4.78 is 0. The zero-order valence-corrected chi connectivity index (χ0v) is 12.7. The molecule has 0 spiro atoms. The highest BCUT2D eigenvalue weighted by Crippen LogP contribution is 2.20. The molecule has 1 aliphatic rings. The zero-order chi connectivity index (χ0) is 14.6. The third kappa shape index (κ3) is 4.68. The van der Waals surface area contributed by atoms with Gasteiger partial charge in [0.25, 0.3) is 5.69 Å². The molecule has 1 aromatic carbocycles. The molecule has 1 saturated heterocycles. The molecule has 1 aromatic rings. The topological polar surface area (TPSA) is 84.3 Å². The summed E-state index contributed by atoms with van der Waals surface area (Å²) in [5.74, 6) is -0.163. The van der Waals surface area contributed by atoms with Crippen molar-refractivity contribution >= 4 is 24.0 Å². The lowest BCUT2D eigenvalue weighted by molar-refractivity contribution is -0.385. The lowest BCUT2D eigenvalue weighted by atomic mass is 9.90. The molecular formula is C14H20ClN3O3. The van der Waals surface area contributed by atoms with Gasteiger partial charge in [0.1, 0.15) is 0 Å². The Bertz CT molecular complexity index is 516. The number of hydrogen-bond acceptors (Lipinski definition) is 4. The number of nitrogens with zero attached hydrogens (tertiary/aromatic N) is 1. The van der Waals surface area contributed by atoms with Crippen LogP contribution in [0.1, 0.15) is 25.3 Å². The minimum Gasteiger partial charge on any atom is -0.351 e. The number of nitro groups is 1. The molecular weight excluding hydrogens is 294 g/mol. The van der Waals surface area contributed by atoms with Gasteiger partial charge in [0.05, 0.1) is 11.3 Å². The van der Waals surface area contributed by atoms with Crippen molar-refractivity contribution in [3.8, 4) is 0 Å². The van der Waals surface area contributed by atoms with Gasteiger partial charge < -0.3 is 10.6 Å². The molecule has 2 N–H and O–H groups in total. The predicted octanol–water partition coefficient (Wildman–Crippen LogP) is 1.82. The third-order valence-corrected chi connectivity index (χ3v) is 3.69. The summed E-state index contributed by atoms with van der Waals surface area (Å²) in [5, 5.41) is 17.2. The van der Waals surface area contributed by atoms with Crippen LogP contribution in [0.25, 0.3) is 0 Å². The van der Waals surface area contributed by atoms with Crippen LogP contribution in [0.4, 0.5) is 5.69 Å². The largest absolute Gasteiger partial charge is 0.351 e. The van der Waals surface area contributed by atoms with Crippen LogP contribution in [0.3, 0.4) is 0 Å². The molecule has 6 nitrogen and oxygen atoms in total. The number of piperidine rings is 1. The van der Waals surface area contributed by atoms with Crippen molar-refractivity contribution in [3.63, 3.8) is 0 Å². The lowest BCUT2D eigenvalue weighted by Crippen LogP contribution is -2.52. The van der Waals surface area contributed by atoms with Crippen molar-refractivity contribution in [3.05, 3.63) is 39.9 Å². The molecule has 0 radical (unpaired) electrons. The third-order valence-electron chi connectivity index (χ3n) is 3.69. The summed E-state index contributed by atoms with van der Waals surface area (Å²) >= 11 is 0. The first kappa shape index (κ1) is 17.4. The Labute approximate surface area is 129 Å². The number of rotatable bonds is 4. The van der Waals surface area contributed by atoms with Crippen molar-refractivity contribution in [2.24, 2.45) is 0 Å². The molecule has 0 aromatic heterocycles. The van der Waals surface area contributed by atoms with E-state index in [9.17, 15) is 14.9 Å². The Morgan fingerprint density at radius 3 is 2.62 bits per heavy atom. The van der Waals surface area contributed by atoms with Crippen molar-refractivity contribution in [2.75, 3.05) is 13.1 Å². The van der Waals surface area contributed by atoms with E-state index in [1.165, 1.54) is 6.07 Å². The molecule has 0 saturated carbocycles. The van der Waals surface area contributed by atoms with Crippen LogP contribution in [0.5, 0.6) is 0 Å². The molecule has 21 heavy (non-hydrogen) atoms. The Hall–Kier alpha value is -1.66. The van der Waals surface area contributed by atoms with Gasteiger partial charge in [-0.2, -0.15) is 0 Å². The van der Waals surface area contributed by atoms with Gasteiger partial charge in [-0.25, -0.2) is 0 Å². The summed E-state index contributed by atoms with van der Waals surface area (Å²) in [6.07, 6.45) is 1.78. The summed E-state index contributed by atoms with van der Waals surface area (Å²) in [7, 11) is 0. The number of carbonyl (C=O) groups excluding carboxylic acids is 1. The van der Waals surface area contributed by atoms with Crippen molar-refractivity contribution in [1.29, 1.82) is 0 Å². The van der Waals surface area contributed by atoms with Crippen molar-refractivity contribution in [2.45, 2.75) is 31.7 Å². The molecule has 2 rings (SSSR count). The fourth-order valence-corrected chi connectivity index (χ4v) is 2.50. The molecule has 0 bridgehead atoms. The van der Waals surface area contributed by atoms with E-state index in [2.05, 4.69) is 10.6 Å². The SMILES string of the molecule is CC1(NC(=O)Cc2ccccc2[N+](=O)[O-])CCNCC1.Cl. The number of nitro benzene ring substituents is 1. The molecule has 1 heterocycles. The zero-order valence-electron chi connectivity index (χ0n) is 11.9. The Kier molecular flexibility index (Phi) is 6.11. The molecule has 0 atom stereocenters. The van der Waals surface area contributed by atoms with E-state index >= 15 is 0 Å². The van der Waals surface area contributed by atoms with Crippen molar-refractivity contribution in [1.82, 2.24) is 10.6 Å². The van der Waals surface area contributed by atoms with Crippen LogP contribution in [0.2, 0.25) is 0 Å². The molecule has 7 heteroatoms. The Balaban J connectivity index is 0.00000220. The van der Waals surface area contributed by atoms with Crippen LogP contribution in [0.15, 0.2) is 24.3 Å². The highest BCUT2D eigenvalue weighted by molar-refractivity contribution is 5.85. The first-order valence-corrected chi connectivity index (χ1v) is 6.74. The second kappa shape index (κ2) is 7.38. The number of nitrogens with one attached hydrogen (secondary N) is 2. The maximum atomic E-state index is 12.1. The second-order valence-electron chi connectivity index (χ2n) is 5.42. The van der Waals surface area contributed by atoms with Gasteiger partial charge >= 0.3 is 0 Å². The molecule has 1 amide bonds. The number of amides is 1. The van der Waals surface area contributed by atoms with Crippen LogP contribution in [0, 0.1) is 10.1 Å². The van der Waals surface area contributed by atoms with Crippen LogP contribution >= 0.6 is 12.4 Å². The number of hydrogen-bond donors (Lipinski definition) is 2. The molecule has 0 aliphatic carbocycles. The summed E-state index contributed by atoms with van der Waals surface area (Å²) in [6.45, 7) is 3.77. The predicted molar refractivity (Wildman–Crippen MR) is 82.7 cm³/mol. The van der Waals surface area contributed by atoms with Gasteiger partial charge in [0.2, 0.25) is 5.91 Å². The van der Waals surface area contributed by atoms with E-state index in [0.29, 0.717) is 5.56 Å². The molecule has 0 unspecified atom stereocenters. The number of halogens is 1. The number of carbonyl (C=O) groups is 1. The van der Waals surface area contributed by atoms with Crippen LogP contribution in [-0.2, 0) is 11.2 Å². The fourth-order valence-electron chi connectivity index (χ4n) is 2.50. The quantitative estimate of drug-likeness (QED) is 0.656. The van der Waals surface area contributed by atoms with E-state index in [4.69, 9.17) is 0 Å². The highest BCUT2D eigenvalue weighted by atomic mass is 35.5. The van der Waals surface area contributed by atoms with E-state index < -0.39 is 4.92 Å². The van der Waals surface area contributed by atoms with Gasteiger partial charge in [-0.3, -0.25) is 14.9 Å². The highest BCUT2D eigenvalue weighted by Gasteiger charge is 2.28. The summed E-state index contributed by atoms with van der Waals surface area (Å²) in [6, 6.07) is 6.37. The normalized spacial score (nSPS) is 16.6. The van der Waals surface area contributed by atoms with Crippen LogP contribution in [-0.4, -0.2) is 29.5 Å². The maximum Gasteiger partial charge on any atom is 0.273 e. The lowest BCUT2D eigenvalue weighted by Gasteiger charge is -2.35. The number of benzene rings is 1. The number of para-hydroxylation sites is 1. The van der Waals surface area contributed by atoms with Crippen molar-refractivity contribution < 1.29 is 9.72 Å². The van der Waals surface area contributed by atoms with E-state index in [0.717, 1.165) is 25.9 Å². The van der Waals surface area contributed by atoms with Gasteiger partial charge in [0.15, 0.2) is 0 Å². The Morgan fingerprint density at radius 2 is 2.00 bits per heavy atom. The summed E-state index contributed by atoms with van der Waals surface area (Å²) in [4.78, 5) is 22.6. The molecule has 1 fully saturated rings. The second-order valence-corrected chi connectivity index (χ2v) is 5.42. The van der Waals surface area contributed by atoms with E-state index in [-0.39, 0.29) is 36.0 Å². The molecule has 1 aliphatic heterocycles. The summed E-state index contributed by atoms with van der Waals surface area (Å²) in [5.41, 5.74) is 0.233. The smallest absolute Gasteiger partial charge is 0.273 e. The van der Waals surface area contributed by atoms with E-state index in [1.54, 1.807) is 18.2 Å². The van der Waals surface area contributed by atoms with Gasteiger partial charge in [-0.1, -0.05) is 18.2 Å². The minimum atomic E-state index is -0.450. The first-order valence-electron chi connectivity index (χ1n) is 6.74. The van der Waals surface area contributed by atoms with Gasteiger partial charge in [0, 0.05) is 17.2 Å². The average molecular weight is 314 g/mol.